The third kappa shape index (κ3) is 4.11. The van der Waals surface area contributed by atoms with E-state index in [-0.39, 0.29) is 11.8 Å². The molecule has 2 aliphatic heterocycles. The van der Waals surface area contributed by atoms with Gasteiger partial charge in [-0.15, -0.1) is 0 Å². The van der Waals surface area contributed by atoms with E-state index in [2.05, 4.69) is 44.7 Å². The SMILES string of the molecule is O=C(CN1CCc2ccccc21)NCCNC(=O)CN1CCc2ccccc21. The van der Waals surface area contributed by atoms with E-state index < -0.39 is 0 Å². The number of hydrogen-bond acceptors (Lipinski definition) is 4. The van der Waals surface area contributed by atoms with E-state index in [0.717, 1.165) is 37.3 Å². The first-order valence-electron chi connectivity index (χ1n) is 9.90. The van der Waals surface area contributed by atoms with Gasteiger partial charge in [0.1, 0.15) is 0 Å². The number of nitrogens with zero attached hydrogens (tertiary/aromatic N) is 2. The fourth-order valence-corrected chi connectivity index (χ4v) is 4.00. The number of benzene rings is 2. The second-order valence-electron chi connectivity index (χ2n) is 7.30. The Balaban J connectivity index is 1.15. The Labute approximate surface area is 165 Å². The van der Waals surface area contributed by atoms with E-state index in [1.807, 2.05) is 24.3 Å². The quantitative estimate of drug-likeness (QED) is 0.714. The van der Waals surface area contributed by atoms with Gasteiger partial charge in [-0.25, -0.2) is 0 Å². The summed E-state index contributed by atoms with van der Waals surface area (Å²) in [5.41, 5.74) is 4.89. The molecule has 4 rings (SSSR count). The maximum absolute atomic E-state index is 12.2. The molecule has 2 N–H and O–H groups in total. The predicted octanol–water partition coefficient (Wildman–Crippen LogP) is 1.34. The third-order valence-electron chi connectivity index (χ3n) is 5.40. The van der Waals surface area contributed by atoms with Crippen LogP contribution in [-0.2, 0) is 22.4 Å². The van der Waals surface area contributed by atoms with Gasteiger partial charge in [0.25, 0.3) is 0 Å². The Hall–Kier alpha value is -3.02. The molecule has 6 nitrogen and oxygen atoms in total. The molecule has 2 heterocycles. The molecular formula is C22H26N4O2. The molecule has 0 bridgehead atoms. The molecule has 0 aromatic heterocycles. The molecule has 0 atom stereocenters. The van der Waals surface area contributed by atoms with E-state index in [4.69, 9.17) is 0 Å². The molecule has 2 aliphatic rings. The molecule has 2 amide bonds. The molecule has 2 aromatic carbocycles. The van der Waals surface area contributed by atoms with Gasteiger partial charge in [0.05, 0.1) is 13.1 Å². The molecule has 0 unspecified atom stereocenters. The van der Waals surface area contributed by atoms with Crippen molar-refractivity contribution in [2.24, 2.45) is 0 Å². The normalized spacial score (nSPS) is 14.6. The third-order valence-corrected chi connectivity index (χ3v) is 5.40. The molecule has 0 radical (unpaired) electrons. The summed E-state index contributed by atoms with van der Waals surface area (Å²) < 4.78 is 0. The molecule has 28 heavy (non-hydrogen) atoms. The number of nitrogens with one attached hydrogen (secondary N) is 2. The number of fused-ring (bicyclic) bond motifs is 2. The van der Waals surface area contributed by atoms with Crippen LogP contribution in [0.2, 0.25) is 0 Å². The minimum absolute atomic E-state index is 0.0144. The van der Waals surface area contributed by atoms with Crippen molar-refractivity contribution in [2.45, 2.75) is 12.8 Å². The van der Waals surface area contributed by atoms with Crippen molar-refractivity contribution in [2.75, 3.05) is 49.1 Å². The van der Waals surface area contributed by atoms with Crippen LogP contribution >= 0.6 is 0 Å². The Morgan fingerprint density at radius 2 is 1.14 bits per heavy atom. The number of carbonyl (C=O) groups excluding carboxylic acids is 2. The number of hydrogen-bond donors (Lipinski definition) is 2. The van der Waals surface area contributed by atoms with Crippen molar-refractivity contribution < 1.29 is 9.59 Å². The lowest BCUT2D eigenvalue weighted by molar-refractivity contribution is -0.121. The smallest absolute Gasteiger partial charge is 0.239 e. The maximum atomic E-state index is 12.2. The summed E-state index contributed by atoms with van der Waals surface area (Å²) in [5, 5.41) is 5.79. The highest BCUT2D eigenvalue weighted by atomic mass is 16.2. The van der Waals surface area contributed by atoms with Crippen molar-refractivity contribution >= 4 is 23.2 Å². The van der Waals surface area contributed by atoms with Crippen LogP contribution in [0.15, 0.2) is 48.5 Å². The van der Waals surface area contributed by atoms with Gasteiger partial charge in [0, 0.05) is 37.6 Å². The topological polar surface area (TPSA) is 64.7 Å². The van der Waals surface area contributed by atoms with E-state index >= 15 is 0 Å². The van der Waals surface area contributed by atoms with E-state index in [1.165, 1.54) is 11.1 Å². The number of amides is 2. The zero-order valence-corrected chi connectivity index (χ0v) is 16.0. The average molecular weight is 378 g/mol. The minimum Gasteiger partial charge on any atom is -0.362 e. The second-order valence-corrected chi connectivity index (χ2v) is 7.30. The Morgan fingerprint density at radius 1 is 0.714 bits per heavy atom. The van der Waals surface area contributed by atoms with Crippen LogP contribution in [0, 0.1) is 0 Å². The van der Waals surface area contributed by atoms with Gasteiger partial charge in [-0.1, -0.05) is 36.4 Å². The van der Waals surface area contributed by atoms with Gasteiger partial charge in [-0.05, 0) is 36.1 Å². The lowest BCUT2D eigenvalue weighted by Crippen LogP contribution is -2.42. The lowest BCUT2D eigenvalue weighted by atomic mass is 10.2. The molecular weight excluding hydrogens is 352 g/mol. The second kappa shape index (κ2) is 8.33. The van der Waals surface area contributed by atoms with Crippen molar-refractivity contribution in [1.82, 2.24) is 10.6 Å². The van der Waals surface area contributed by atoms with Crippen LogP contribution in [0.5, 0.6) is 0 Å². The van der Waals surface area contributed by atoms with Crippen molar-refractivity contribution in [1.29, 1.82) is 0 Å². The highest BCUT2D eigenvalue weighted by Crippen LogP contribution is 2.27. The van der Waals surface area contributed by atoms with E-state index in [0.29, 0.717) is 26.2 Å². The van der Waals surface area contributed by atoms with Crippen LogP contribution in [-0.4, -0.2) is 51.1 Å². The monoisotopic (exact) mass is 378 g/mol. The van der Waals surface area contributed by atoms with Crippen LogP contribution in [0.1, 0.15) is 11.1 Å². The van der Waals surface area contributed by atoms with E-state index in [9.17, 15) is 9.59 Å². The zero-order chi connectivity index (χ0) is 19.3. The van der Waals surface area contributed by atoms with Gasteiger partial charge in [-0.3, -0.25) is 9.59 Å². The fraction of sp³-hybridized carbons (Fsp3) is 0.364. The average Bonchev–Trinajstić information content (AvgIpc) is 3.30. The highest BCUT2D eigenvalue weighted by Gasteiger charge is 2.21. The summed E-state index contributed by atoms with van der Waals surface area (Å²) in [4.78, 5) is 28.6. The van der Waals surface area contributed by atoms with Crippen molar-refractivity contribution in [3.05, 3.63) is 59.7 Å². The number of carbonyl (C=O) groups is 2. The standard InChI is InChI=1S/C22H26N4O2/c27-21(15-25-13-9-17-5-1-3-7-19(17)25)23-11-12-24-22(28)16-26-14-10-18-6-2-4-8-20(18)26/h1-8H,9-16H2,(H,23,27)(H,24,28). The molecule has 6 heteroatoms. The molecule has 0 aliphatic carbocycles. The van der Waals surface area contributed by atoms with Gasteiger partial charge in [-0.2, -0.15) is 0 Å². The Bertz CT molecular complexity index is 796. The first kappa shape index (κ1) is 18.3. The summed E-state index contributed by atoms with van der Waals surface area (Å²) in [7, 11) is 0. The summed E-state index contributed by atoms with van der Waals surface area (Å²) in [5.74, 6) is -0.0288. The summed E-state index contributed by atoms with van der Waals surface area (Å²) in [6.45, 7) is 3.35. The van der Waals surface area contributed by atoms with Gasteiger partial charge in [0.15, 0.2) is 0 Å². The van der Waals surface area contributed by atoms with Crippen molar-refractivity contribution in [3.8, 4) is 0 Å². The number of rotatable bonds is 7. The lowest BCUT2D eigenvalue weighted by Gasteiger charge is -2.19. The highest BCUT2D eigenvalue weighted by molar-refractivity contribution is 5.83. The first-order chi connectivity index (χ1) is 13.7. The van der Waals surface area contributed by atoms with Gasteiger partial charge in [0.2, 0.25) is 11.8 Å². The molecule has 0 saturated heterocycles. The summed E-state index contributed by atoms with van der Waals surface area (Å²) >= 11 is 0. The largest absolute Gasteiger partial charge is 0.362 e. The molecule has 146 valence electrons. The number of anilines is 2. The van der Waals surface area contributed by atoms with Crippen molar-refractivity contribution in [3.63, 3.8) is 0 Å². The molecule has 0 saturated carbocycles. The zero-order valence-electron chi connectivity index (χ0n) is 16.0. The molecule has 0 fully saturated rings. The minimum atomic E-state index is -0.0144. The van der Waals surface area contributed by atoms with Crippen LogP contribution < -0.4 is 20.4 Å². The van der Waals surface area contributed by atoms with Crippen LogP contribution in [0.3, 0.4) is 0 Å². The molecule has 2 aromatic rings. The molecule has 0 spiro atoms. The Morgan fingerprint density at radius 3 is 1.61 bits per heavy atom. The van der Waals surface area contributed by atoms with Crippen LogP contribution in [0.4, 0.5) is 11.4 Å². The Kier molecular flexibility index (Phi) is 5.46. The summed E-state index contributed by atoms with van der Waals surface area (Å²) in [6.07, 6.45) is 1.97. The first-order valence-corrected chi connectivity index (χ1v) is 9.90. The van der Waals surface area contributed by atoms with E-state index in [1.54, 1.807) is 0 Å². The maximum Gasteiger partial charge on any atom is 0.239 e. The predicted molar refractivity (Wildman–Crippen MR) is 111 cm³/mol. The van der Waals surface area contributed by atoms with Gasteiger partial charge >= 0.3 is 0 Å². The number of para-hydroxylation sites is 2. The summed E-state index contributed by atoms with van der Waals surface area (Å²) in [6, 6.07) is 16.4. The fourth-order valence-electron chi connectivity index (χ4n) is 4.00. The van der Waals surface area contributed by atoms with Crippen LogP contribution in [0.25, 0.3) is 0 Å². The van der Waals surface area contributed by atoms with Gasteiger partial charge < -0.3 is 20.4 Å².